The average molecular weight is 318 g/mol. The molecule has 0 bridgehead atoms. The van der Waals surface area contributed by atoms with Gasteiger partial charge >= 0.3 is 6.03 Å². The predicted octanol–water partition coefficient (Wildman–Crippen LogP) is 2.53. The summed E-state index contributed by atoms with van der Waals surface area (Å²) in [6, 6.07) is 3.68. The molecular weight excluding hydrogens is 299 g/mol. The second-order valence-electron chi connectivity index (χ2n) is 5.08. The van der Waals surface area contributed by atoms with Crippen molar-refractivity contribution in [3.05, 3.63) is 53.9 Å². The largest absolute Gasteiger partial charge is 0.496 e. The lowest BCUT2D eigenvalue weighted by Crippen LogP contribution is -2.38. The Morgan fingerprint density at radius 2 is 2.22 bits per heavy atom. The SMILES string of the molecule is COc1cccc(F)c1[C@@H](C)NC(=O)N(C)Cc1cnccn1. The molecule has 6 nitrogen and oxygen atoms in total. The first-order valence-corrected chi connectivity index (χ1v) is 7.12. The van der Waals surface area contributed by atoms with Crippen molar-refractivity contribution < 1.29 is 13.9 Å². The summed E-state index contributed by atoms with van der Waals surface area (Å²) in [4.78, 5) is 21.8. The van der Waals surface area contributed by atoms with Gasteiger partial charge in [0, 0.05) is 19.4 Å². The fraction of sp³-hybridized carbons (Fsp3) is 0.312. The Balaban J connectivity index is 2.05. The molecule has 23 heavy (non-hydrogen) atoms. The molecule has 1 atom stereocenters. The van der Waals surface area contributed by atoms with Crippen molar-refractivity contribution in [2.45, 2.75) is 19.5 Å². The van der Waals surface area contributed by atoms with Crippen LogP contribution in [0.15, 0.2) is 36.8 Å². The molecule has 1 aromatic heterocycles. The van der Waals surface area contributed by atoms with Gasteiger partial charge in [-0.3, -0.25) is 9.97 Å². The summed E-state index contributed by atoms with van der Waals surface area (Å²) in [6.45, 7) is 2.01. The number of carbonyl (C=O) groups excluding carboxylic acids is 1. The number of aromatic nitrogens is 2. The number of nitrogens with zero attached hydrogens (tertiary/aromatic N) is 3. The van der Waals surface area contributed by atoms with Crippen molar-refractivity contribution in [2.24, 2.45) is 0 Å². The van der Waals surface area contributed by atoms with E-state index in [9.17, 15) is 9.18 Å². The fourth-order valence-electron chi connectivity index (χ4n) is 2.21. The van der Waals surface area contributed by atoms with Crippen molar-refractivity contribution in [3.63, 3.8) is 0 Å². The highest BCUT2D eigenvalue weighted by atomic mass is 19.1. The Hall–Kier alpha value is -2.70. The topological polar surface area (TPSA) is 67.3 Å². The van der Waals surface area contributed by atoms with E-state index in [0.29, 0.717) is 23.6 Å². The number of nitrogens with one attached hydrogen (secondary N) is 1. The highest BCUT2D eigenvalue weighted by Gasteiger charge is 2.20. The van der Waals surface area contributed by atoms with Crippen molar-refractivity contribution in [2.75, 3.05) is 14.2 Å². The van der Waals surface area contributed by atoms with Gasteiger partial charge in [-0.05, 0) is 19.1 Å². The Morgan fingerprint density at radius 3 is 2.87 bits per heavy atom. The molecular formula is C16H19FN4O2. The molecule has 0 aliphatic rings. The highest BCUT2D eigenvalue weighted by Crippen LogP contribution is 2.27. The Bertz CT molecular complexity index is 666. The summed E-state index contributed by atoms with van der Waals surface area (Å²) in [5.74, 6) is -0.0249. The average Bonchev–Trinajstić information content (AvgIpc) is 2.55. The fourth-order valence-corrected chi connectivity index (χ4v) is 2.21. The molecule has 1 N–H and O–H groups in total. The zero-order valence-corrected chi connectivity index (χ0v) is 13.3. The molecule has 2 rings (SSSR count). The molecule has 0 saturated heterocycles. The third-order valence-corrected chi connectivity index (χ3v) is 3.37. The van der Waals surface area contributed by atoms with Gasteiger partial charge in [0.25, 0.3) is 0 Å². The summed E-state index contributed by atoms with van der Waals surface area (Å²) in [6.07, 6.45) is 4.72. The molecule has 122 valence electrons. The summed E-state index contributed by atoms with van der Waals surface area (Å²) in [5.41, 5.74) is 0.984. The molecule has 0 radical (unpaired) electrons. The van der Waals surface area contributed by atoms with E-state index in [0.717, 1.165) is 0 Å². The zero-order chi connectivity index (χ0) is 16.8. The zero-order valence-electron chi connectivity index (χ0n) is 13.3. The molecule has 1 aromatic carbocycles. The molecule has 1 heterocycles. The van der Waals surface area contributed by atoms with Gasteiger partial charge in [-0.25, -0.2) is 9.18 Å². The molecule has 0 fully saturated rings. The first kappa shape index (κ1) is 16.7. The molecule has 0 aliphatic heterocycles. The van der Waals surface area contributed by atoms with Gasteiger partial charge in [0.05, 0.1) is 37.2 Å². The van der Waals surface area contributed by atoms with Crippen LogP contribution in [0.1, 0.15) is 24.2 Å². The van der Waals surface area contributed by atoms with Crippen LogP contribution >= 0.6 is 0 Å². The molecule has 7 heteroatoms. The summed E-state index contributed by atoms with van der Waals surface area (Å²) < 4.78 is 19.2. The third-order valence-electron chi connectivity index (χ3n) is 3.37. The number of urea groups is 1. The summed E-state index contributed by atoms with van der Waals surface area (Å²) >= 11 is 0. The predicted molar refractivity (Wildman–Crippen MR) is 83.4 cm³/mol. The molecule has 0 unspecified atom stereocenters. The minimum absolute atomic E-state index is 0.306. The maximum absolute atomic E-state index is 14.0. The number of rotatable bonds is 5. The number of hydrogen-bond acceptors (Lipinski definition) is 4. The molecule has 0 aliphatic carbocycles. The number of ether oxygens (including phenoxy) is 1. The van der Waals surface area contributed by atoms with Crippen molar-refractivity contribution >= 4 is 6.03 Å². The van der Waals surface area contributed by atoms with Gasteiger partial charge in [0.15, 0.2) is 0 Å². The standard InChI is InChI=1S/C16H19FN4O2/c1-11(15-13(17)5-4-6-14(15)23-3)20-16(22)21(2)10-12-9-18-7-8-19-12/h4-9,11H,10H2,1-3H3,(H,20,22)/t11-/m1/s1. The normalized spacial score (nSPS) is 11.7. The van der Waals surface area contributed by atoms with E-state index in [1.165, 1.54) is 18.1 Å². The van der Waals surface area contributed by atoms with E-state index in [2.05, 4.69) is 15.3 Å². The number of hydrogen-bond donors (Lipinski definition) is 1. The van der Waals surface area contributed by atoms with Crippen LogP contribution in [0, 0.1) is 5.82 Å². The molecule has 2 amide bonds. The van der Waals surface area contributed by atoms with Gasteiger partial charge in [-0.2, -0.15) is 0 Å². The van der Waals surface area contributed by atoms with Crippen molar-refractivity contribution in [1.29, 1.82) is 0 Å². The Labute approximate surface area is 134 Å². The Kier molecular flexibility index (Phi) is 5.46. The number of halogens is 1. The smallest absolute Gasteiger partial charge is 0.317 e. The Morgan fingerprint density at radius 1 is 1.43 bits per heavy atom. The number of methoxy groups -OCH3 is 1. The minimum atomic E-state index is -0.539. The number of carbonyl (C=O) groups is 1. The van der Waals surface area contributed by atoms with Crippen LogP contribution in [0.3, 0.4) is 0 Å². The lowest BCUT2D eigenvalue weighted by molar-refractivity contribution is 0.202. The van der Waals surface area contributed by atoms with E-state index in [-0.39, 0.29) is 6.03 Å². The minimum Gasteiger partial charge on any atom is -0.496 e. The summed E-state index contributed by atoms with van der Waals surface area (Å²) in [7, 11) is 3.10. The monoisotopic (exact) mass is 318 g/mol. The lowest BCUT2D eigenvalue weighted by atomic mass is 10.1. The van der Waals surface area contributed by atoms with Gasteiger partial charge in [0.1, 0.15) is 11.6 Å². The van der Waals surface area contributed by atoms with Crippen LogP contribution in [0.25, 0.3) is 0 Å². The first-order valence-electron chi connectivity index (χ1n) is 7.12. The quantitative estimate of drug-likeness (QED) is 0.920. The maximum Gasteiger partial charge on any atom is 0.317 e. The number of benzene rings is 1. The van der Waals surface area contributed by atoms with Crippen LogP contribution in [0.2, 0.25) is 0 Å². The van der Waals surface area contributed by atoms with E-state index in [1.54, 1.807) is 44.7 Å². The van der Waals surface area contributed by atoms with Crippen molar-refractivity contribution in [3.8, 4) is 5.75 Å². The van der Waals surface area contributed by atoms with Gasteiger partial charge in [-0.1, -0.05) is 6.07 Å². The molecule has 0 saturated carbocycles. The second-order valence-corrected chi connectivity index (χ2v) is 5.08. The van der Waals surface area contributed by atoms with E-state index >= 15 is 0 Å². The van der Waals surface area contributed by atoms with Gasteiger partial charge in [0.2, 0.25) is 0 Å². The van der Waals surface area contributed by atoms with Gasteiger partial charge in [-0.15, -0.1) is 0 Å². The van der Waals surface area contributed by atoms with Crippen LogP contribution in [0.4, 0.5) is 9.18 Å². The van der Waals surface area contributed by atoms with Crippen LogP contribution in [-0.4, -0.2) is 35.1 Å². The van der Waals surface area contributed by atoms with Crippen LogP contribution in [-0.2, 0) is 6.54 Å². The van der Waals surface area contributed by atoms with Gasteiger partial charge < -0.3 is 15.0 Å². The lowest BCUT2D eigenvalue weighted by Gasteiger charge is -2.22. The maximum atomic E-state index is 14.0. The van der Waals surface area contributed by atoms with E-state index < -0.39 is 11.9 Å². The second kappa shape index (κ2) is 7.53. The van der Waals surface area contributed by atoms with Crippen LogP contribution < -0.4 is 10.1 Å². The highest BCUT2D eigenvalue weighted by molar-refractivity contribution is 5.74. The van der Waals surface area contributed by atoms with E-state index in [4.69, 9.17) is 4.74 Å². The van der Waals surface area contributed by atoms with Crippen molar-refractivity contribution in [1.82, 2.24) is 20.2 Å². The van der Waals surface area contributed by atoms with E-state index in [1.807, 2.05) is 0 Å². The van der Waals surface area contributed by atoms with Crippen LogP contribution in [0.5, 0.6) is 5.75 Å². The molecule has 0 spiro atoms. The summed E-state index contributed by atoms with van der Waals surface area (Å²) in [5, 5.41) is 2.75. The first-order chi connectivity index (χ1) is 11.0. The molecule has 2 aromatic rings. The third kappa shape index (κ3) is 4.15. The number of amides is 2.